The van der Waals surface area contributed by atoms with Gasteiger partial charge in [-0.05, 0) is 41.5 Å². The Balaban J connectivity index is 1.78. The quantitative estimate of drug-likeness (QED) is 0.156. The number of nitro groups is 1. The number of hydrogen-bond donors (Lipinski definition) is 1. The van der Waals surface area contributed by atoms with Crippen LogP contribution in [0, 0.1) is 21.4 Å². The molecule has 0 saturated carbocycles. The number of carbonyl (C=O) groups excluding carboxylic acids is 1. The summed E-state index contributed by atoms with van der Waals surface area (Å²) in [5.74, 6) is -0.683. The molecule has 0 bridgehead atoms. The first-order valence-electron chi connectivity index (χ1n) is 10.0. The molecule has 10 nitrogen and oxygen atoms in total. The molecular weight excluding hydrogens is 474 g/mol. The molecule has 0 spiro atoms. The minimum Gasteiger partial charge on any atom is -0.493 e. The molecule has 0 atom stereocenters. The topological polar surface area (TPSA) is 149 Å². The number of hydrogen-bond acceptors (Lipinski definition) is 8. The first-order valence-corrected chi connectivity index (χ1v) is 11.4. The molecular formula is C24H19N3O7S. The van der Waals surface area contributed by atoms with Crippen LogP contribution in [0.2, 0.25) is 0 Å². The molecule has 3 rings (SSSR count). The lowest BCUT2D eigenvalue weighted by atomic mass is 10.1. The second-order valence-electron chi connectivity index (χ2n) is 7.04. The average molecular weight is 493 g/mol. The van der Waals surface area contributed by atoms with E-state index >= 15 is 0 Å². The summed E-state index contributed by atoms with van der Waals surface area (Å²) in [6.45, 7) is 0.245. The van der Waals surface area contributed by atoms with Crippen LogP contribution in [0.25, 0.3) is 6.08 Å². The van der Waals surface area contributed by atoms with Gasteiger partial charge in [0.15, 0.2) is 11.5 Å². The van der Waals surface area contributed by atoms with E-state index in [1.54, 1.807) is 0 Å². The highest BCUT2D eigenvalue weighted by atomic mass is 32.2. The number of nitrogens with zero attached hydrogens (tertiary/aromatic N) is 2. The zero-order valence-electron chi connectivity index (χ0n) is 18.4. The molecule has 0 radical (unpaired) electrons. The largest absolute Gasteiger partial charge is 0.493 e. The Hall–Kier alpha value is -4.69. The van der Waals surface area contributed by atoms with Crippen LogP contribution in [-0.4, -0.2) is 26.4 Å². The van der Waals surface area contributed by atoms with Gasteiger partial charge in [0.1, 0.15) is 16.5 Å². The van der Waals surface area contributed by atoms with Gasteiger partial charge in [-0.25, -0.2) is 0 Å². The van der Waals surface area contributed by atoms with Gasteiger partial charge in [0.2, 0.25) is 0 Å². The Morgan fingerprint density at radius 1 is 1.09 bits per heavy atom. The number of benzene rings is 3. The fraction of sp³-hybridized carbons (Fsp3) is 0.0833. The summed E-state index contributed by atoms with van der Waals surface area (Å²) < 4.78 is 35.5. The van der Waals surface area contributed by atoms with Crippen LogP contribution in [-0.2, 0) is 21.5 Å². The van der Waals surface area contributed by atoms with Crippen molar-refractivity contribution in [2.75, 3.05) is 7.11 Å². The van der Waals surface area contributed by atoms with Crippen molar-refractivity contribution < 1.29 is 27.1 Å². The van der Waals surface area contributed by atoms with Crippen LogP contribution < -0.4 is 14.2 Å². The van der Waals surface area contributed by atoms with Crippen molar-refractivity contribution in [3.8, 4) is 17.6 Å². The molecule has 0 aromatic heterocycles. The number of rotatable bonds is 9. The monoisotopic (exact) mass is 493 g/mol. The molecule has 35 heavy (non-hydrogen) atoms. The lowest BCUT2D eigenvalue weighted by Gasteiger charge is -2.11. The minimum absolute atomic E-state index is 0.0335. The fourth-order valence-electron chi connectivity index (χ4n) is 2.93. The Morgan fingerprint density at radius 2 is 1.77 bits per heavy atom. The molecule has 0 saturated heterocycles. The second-order valence-corrected chi connectivity index (χ2v) is 8.58. The van der Waals surface area contributed by atoms with Gasteiger partial charge in [-0.3, -0.25) is 14.9 Å². The van der Waals surface area contributed by atoms with Gasteiger partial charge in [0.25, 0.3) is 11.6 Å². The van der Waals surface area contributed by atoms with Crippen LogP contribution in [0.3, 0.4) is 0 Å². The molecule has 1 amide bonds. The smallest absolute Gasteiger partial charge is 0.339 e. The molecule has 0 fully saturated rings. The van der Waals surface area contributed by atoms with E-state index < -0.39 is 20.9 Å². The van der Waals surface area contributed by atoms with E-state index in [9.17, 15) is 28.6 Å². The Kier molecular flexibility index (Phi) is 7.81. The Morgan fingerprint density at radius 3 is 2.37 bits per heavy atom. The van der Waals surface area contributed by atoms with Crippen LogP contribution in [0.4, 0.5) is 5.69 Å². The normalized spacial score (nSPS) is 11.3. The van der Waals surface area contributed by atoms with Crippen LogP contribution in [0.5, 0.6) is 11.5 Å². The molecule has 3 aromatic carbocycles. The van der Waals surface area contributed by atoms with Gasteiger partial charge in [-0.2, -0.15) is 13.7 Å². The lowest BCUT2D eigenvalue weighted by Crippen LogP contribution is -2.23. The number of nitro benzene ring substituents is 1. The molecule has 0 aliphatic carbocycles. The van der Waals surface area contributed by atoms with Gasteiger partial charge < -0.3 is 14.2 Å². The summed E-state index contributed by atoms with van der Waals surface area (Å²) in [5.41, 5.74) is 0.845. The zero-order chi connectivity index (χ0) is 25.4. The molecule has 0 aliphatic heterocycles. The van der Waals surface area contributed by atoms with E-state index in [1.165, 1.54) is 31.4 Å². The van der Waals surface area contributed by atoms with Crippen molar-refractivity contribution in [1.29, 1.82) is 5.26 Å². The summed E-state index contributed by atoms with van der Waals surface area (Å²) >= 11 is 0. The van der Waals surface area contributed by atoms with Gasteiger partial charge in [0, 0.05) is 18.7 Å². The SMILES string of the molecule is COc1cc(/C=C(\C#N)C(=O)NCc2ccccc2)ccc1OS(=O)(=O)c1ccc([N+](=O)[O-])cc1. The predicted octanol–water partition coefficient (Wildman–Crippen LogP) is 3.59. The summed E-state index contributed by atoms with van der Waals surface area (Å²) in [4.78, 5) is 22.2. The molecule has 3 aromatic rings. The number of methoxy groups -OCH3 is 1. The average Bonchev–Trinajstić information content (AvgIpc) is 2.87. The van der Waals surface area contributed by atoms with E-state index in [1.807, 2.05) is 36.4 Å². The number of carbonyl (C=O) groups is 1. The highest BCUT2D eigenvalue weighted by molar-refractivity contribution is 7.87. The van der Waals surface area contributed by atoms with Crippen LogP contribution in [0.1, 0.15) is 11.1 Å². The van der Waals surface area contributed by atoms with Crippen LogP contribution in [0.15, 0.2) is 83.3 Å². The summed E-state index contributed by atoms with van der Waals surface area (Å²) in [6, 6.07) is 19.4. The zero-order valence-corrected chi connectivity index (χ0v) is 19.2. The Labute approximate surface area is 201 Å². The van der Waals surface area contributed by atoms with E-state index in [0.29, 0.717) is 5.56 Å². The third kappa shape index (κ3) is 6.43. The fourth-order valence-corrected chi connectivity index (χ4v) is 3.87. The van der Waals surface area contributed by atoms with E-state index in [0.717, 1.165) is 29.8 Å². The highest BCUT2D eigenvalue weighted by Crippen LogP contribution is 2.32. The van der Waals surface area contributed by atoms with Gasteiger partial charge in [-0.1, -0.05) is 36.4 Å². The third-order valence-electron chi connectivity index (χ3n) is 4.70. The minimum atomic E-state index is -4.31. The van der Waals surface area contributed by atoms with Crippen molar-refractivity contribution in [2.45, 2.75) is 11.4 Å². The van der Waals surface area contributed by atoms with E-state index in [-0.39, 0.29) is 34.2 Å². The maximum atomic E-state index is 12.6. The molecule has 11 heteroatoms. The Bertz CT molecular complexity index is 1410. The van der Waals surface area contributed by atoms with Gasteiger partial charge >= 0.3 is 10.1 Å². The van der Waals surface area contributed by atoms with E-state index in [2.05, 4.69) is 5.32 Å². The molecule has 0 heterocycles. The van der Waals surface area contributed by atoms with Gasteiger partial charge in [-0.15, -0.1) is 0 Å². The number of amides is 1. The van der Waals surface area contributed by atoms with Crippen molar-refractivity contribution >= 4 is 27.8 Å². The number of nitriles is 1. The second kappa shape index (κ2) is 11.0. The van der Waals surface area contributed by atoms with Crippen molar-refractivity contribution in [3.63, 3.8) is 0 Å². The molecule has 0 unspecified atom stereocenters. The lowest BCUT2D eigenvalue weighted by molar-refractivity contribution is -0.384. The number of ether oxygens (including phenoxy) is 1. The highest BCUT2D eigenvalue weighted by Gasteiger charge is 2.21. The molecule has 178 valence electrons. The summed E-state index contributed by atoms with van der Waals surface area (Å²) in [5, 5.41) is 22.8. The first kappa shape index (κ1) is 24.9. The summed E-state index contributed by atoms with van der Waals surface area (Å²) in [6.07, 6.45) is 1.33. The number of nitrogens with one attached hydrogen (secondary N) is 1. The standard InChI is InChI=1S/C24H19N3O7S/c1-33-23-14-18(13-19(15-25)24(28)26-16-17-5-3-2-4-6-17)7-12-22(23)34-35(31,32)21-10-8-20(9-11-21)27(29)30/h2-14H,16H2,1H3,(H,26,28)/b19-13+. The van der Waals surface area contributed by atoms with Gasteiger partial charge in [0.05, 0.1) is 12.0 Å². The number of non-ortho nitro benzene ring substituents is 1. The molecule has 1 N–H and O–H groups in total. The third-order valence-corrected chi connectivity index (χ3v) is 5.94. The van der Waals surface area contributed by atoms with Crippen molar-refractivity contribution in [2.24, 2.45) is 0 Å². The predicted molar refractivity (Wildman–Crippen MR) is 126 cm³/mol. The van der Waals surface area contributed by atoms with E-state index in [4.69, 9.17) is 8.92 Å². The van der Waals surface area contributed by atoms with Crippen molar-refractivity contribution in [1.82, 2.24) is 5.32 Å². The first-order chi connectivity index (χ1) is 16.7. The van der Waals surface area contributed by atoms with Crippen LogP contribution >= 0.6 is 0 Å². The summed E-state index contributed by atoms with van der Waals surface area (Å²) in [7, 11) is -3.01. The molecule has 0 aliphatic rings. The van der Waals surface area contributed by atoms with Crippen molar-refractivity contribution in [3.05, 3.63) is 99.6 Å². The maximum Gasteiger partial charge on any atom is 0.339 e. The maximum absolute atomic E-state index is 12.6.